The zero-order valence-electron chi connectivity index (χ0n) is 19.9. The van der Waals surface area contributed by atoms with Crippen LogP contribution >= 0.6 is 24.8 Å². The van der Waals surface area contributed by atoms with Crippen LogP contribution in [0.25, 0.3) is 0 Å². The first kappa shape index (κ1) is 29.4. The molecule has 10 heteroatoms. The predicted molar refractivity (Wildman–Crippen MR) is 143 cm³/mol. The van der Waals surface area contributed by atoms with Gasteiger partial charge in [0.05, 0.1) is 12.7 Å². The summed E-state index contributed by atoms with van der Waals surface area (Å²) in [5.41, 5.74) is 2.19. The highest BCUT2D eigenvalue weighted by molar-refractivity contribution is 7.89. The molecule has 1 heterocycles. The van der Waals surface area contributed by atoms with Crippen LogP contribution in [0.15, 0.2) is 54.6 Å². The van der Waals surface area contributed by atoms with Crippen LogP contribution in [0.1, 0.15) is 36.3 Å². The van der Waals surface area contributed by atoms with Gasteiger partial charge in [-0.05, 0) is 55.6 Å². The molecule has 2 aliphatic rings. The number of piperidine rings is 1. The average molecular weight is 545 g/mol. The van der Waals surface area contributed by atoms with Crippen LogP contribution in [-0.2, 0) is 21.2 Å². The molecule has 2 N–H and O–H groups in total. The van der Waals surface area contributed by atoms with Crippen molar-refractivity contribution in [2.75, 3.05) is 32.5 Å². The summed E-state index contributed by atoms with van der Waals surface area (Å²) in [5.74, 6) is 0.888. The molecule has 2 aromatic carbocycles. The van der Waals surface area contributed by atoms with Gasteiger partial charge >= 0.3 is 0 Å². The maximum Gasteiger partial charge on any atom is 0.237 e. The van der Waals surface area contributed by atoms with Crippen molar-refractivity contribution in [1.29, 1.82) is 0 Å². The van der Waals surface area contributed by atoms with Crippen molar-refractivity contribution in [2.45, 2.75) is 43.7 Å². The molecule has 35 heavy (non-hydrogen) atoms. The third-order valence-electron chi connectivity index (χ3n) is 6.32. The van der Waals surface area contributed by atoms with E-state index < -0.39 is 15.9 Å². The van der Waals surface area contributed by atoms with Crippen LogP contribution in [0.3, 0.4) is 0 Å². The van der Waals surface area contributed by atoms with Crippen molar-refractivity contribution in [3.63, 3.8) is 0 Å². The summed E-state index contributed by atoms with van der Waals surface area (Å²) in [6.07, 6.45) is 4.57. The number of carbonyl (C=O) groups excluding carboxylic acids is 1. The lowest BCUT2D eigenvalue weighted by Crippen LogP contribution is -2.44. The number of rotatable bonds is 10. The highest BCUT2D eigenvalue weighted by Crippen LogP contribution is 2.41. The molecule has 2 atom stereocenters. The molecule has 0 aromatic heterocycles. The summed E-state index contributed by atoms with van der Waals surface area (Å²) < 4.78 is 30.1. The molecule has 0 bridgehead atoms. The number of nitrogens with one attached hydrogen (secondary N) is 2. The average Bonchev–Trinajstić information content (AvgIpc) is 3.55. The van der Waals surface area contributed by atoms with Crippen LogP contribution in [-0.4, -0.2) is 63.8 Å². The van der Waals surface area contributed by atoms with Crippen molar-refractivity contribution < 1.29 is 17.9 Å². The molecule has 1 aliphatic heterocycles. The Bertz CT molecular complexity index is 1030. The largest absolute Gasteiger partial charge is 0.492 e. The smallest absolute Gasteiger partial charge is 0.237 e. The van der Waals surface area contributed by atoms with Crippen LogP contribution in [0.5, 0.6) is 5.75 Å². The molecule has 2 aromatic rings. The monoisotopic (exact) mass is 543 g/mol. The molecule has 1 saturated carbocycles. The van der Waals surface area contributed by atoms with Gasteiger partial charge in [0.2, 0.25) is 15.9 Å². The topological polar surface area (TPSA) is 87.7 Å². The zero-order valence-corrected chi connectivity index (χ0v) is 22.3. The first-order chi connectivity index (χ1) is 15.9. The summed E-state index contributed by atoms with van der Waals surface area (Å²) in [5, 5.41) is 3.86. The lowest BCUT2D eigenvalue weighted by Gasteiger charge is -2.32. The maximum atomic E-state index is 11.7. The molecule has 7 nitrogen and oxygen atoms in total. The van der Waals surface area contributed by atoms with Gasteiger partial charge < -0.3 is 10.1 Å². The number of nitrogens with zero attached hydrogens (tertiary/aromatic N) is 1. The third-order valence-corrected chi connectivity index (χ3v) is 6.92. The number of amides is 1. The fourth-order valence-electron chi connectivity index (χ4n) is 4.50. The van der Waals surface area contributed by atoms with Crippen molar-refractivity contribution in [2.24, 2.45) is 0 Å². The molecular weight excluding hydrogens is 509 g/mol. The van der Waals surface area contributed by atoms with Gasteiger partial charge in [-0.2, -0.15) is 0 Å². The highest BCUT2D eigenvalue weighted by atomic mass is 35.5. The van der Waals surface area contributed by atoms with Crippen LogP contribution in [0, 0.1) is 0 Å². The molecule has 0 spiro atoms. The first-order valence-corrected chi connectivity index (χ1v) is 13.5. The van der Waals surface area contributed by atoms with E-state index in [1.165, 1.54) is 24.8 Å². The number of sulfonamides is 1. The molecular formula is C25H35Cl2N3O4S. The van der Waals surface area contributed by atoms with Crippen molar-refractivity contribution in [3.8, 4) is 5.75 Å². The van der Waals surface area contributed by atoms with Crippen molar-refractivity contribution in [3.05, 3.63) is 65.7 Å². The van der Waals surface area contributed by atoms with E-state index in [9.17, 15) is 13.2 Å². The van der Waals surface area contributed by atoms with Gasteiger partial charge in [-0.3, -0.25) is 14.4 Å². The minimum absolute atomic E-state index is 0. The second kappa shape index (κ2) is 13.5. The molecule has 0 unspecified atom stereocenters. The Morgan fingerprint density at radius 1 is 1.03 bits per heavy atom. The van der Waals surface area contributed by atoms with Crippen LogP contribution in [0.2, 0.25) is 0 Å². The number of ether oxygens (including phenoxy) is 1. The van der Waals surface area contributed by atoms with Crippen LogP contribution in [0.4, 0.5) is 0 Å². The van der Waals surface area contributed by atoms with Crippen molar-refractivity contribution in [1.82, 2.24) is 14.9 Å². The van der Waals surface area contributed by atoms with Gasteiger partial charge in [-0.25, -0.2) is 8.42 Å². The fraction of sp³-hybridized carbons (Fsp3) is 0.480. The summed E-state index contributed by atoms with van der Waals surface area (Å²) in [6.45, 7) is 3.67. The first-order valence-electron chi connectivity index (χ1n) is 11.6. The predicted octanol–water partition coefficient (Wildman–Crippen LogP) is 3.14. The normalized spacial score (nSPS) is 20.3. The van der Waals surface area contributed by atoms with E-state index >= 15 is 0 Å². The second-order valence-corrected chi connectivity index (χ2v) is 10.9. The molecule has 1 amide bonds. The Kier molecular flexibility index (Phi) is 11.3. The van der Waals surface area contributed by atoms with Gasteiger partial charge in [0.1, 0.15) is 12.4 Å². The summed E-state index contributed by atoms with van der Waals surface area (Å²) >= 11 is 0. The standard InChI is InChI=1S/C25H33N3O4S.2ClH/c1-33(30,31)27-25(29)17-19-7-9-22(10-8-19)32-16-15-28-13-11-21(12-14-28)26-24-18-23(24)20-5-3-2-4-6-20;;/h2-10,21,23-24,26H,11-18H2,1H3,(H,27,29);2*1H/t23-,24+;;/m0../s1. The Balaban J connectivity index is 0.00000216. The minimum Gasteiger partial charge on any atom is -0.492 e. The number of halogens is 2. The van der Waals surface area contributed by atoms with E-state index in [0.29, 0.717) is 24.6 Å². The summed E-state index contributed by atoms with van der Waals surface area (Å²) in [4.78, 5) is 14.1. The number of carbonyl (C=O) groups is 1. The maximum absolute atomic E-state index is 11.7. The summed E-state index contributed by atoms with van der Waals surface area (Å²) in [7, 11) is -3.53. The van der Waals surface area contributed by atoms with E-state index in [1.807, 2.05) is 16.9 Å². The molecule has 1 aliphatic carbocycles. The van der Waals surface area contributed by atoms with Gasteiger partial charge in [-0.1, -0.05) is 42.5 Å². The second-order valence-electron chi connectivity index (χ2n) is 9.11. The third kappa shape index (κ3) is 9.61. The Morgan fingerprint density at radius 2 is 1.69 bits per heavy atom. The highest BCUT2D eigenvalue weighted by Gasteiger charge is 2.39. The molecule has 4 rings (SSSR count). The molecule has 194 valence electrons. The summed E-state index contributed by atoms with van der Waals surface area (Å²) in [6, 6.07) is 19.2. The van der Waals surface area contributed by atoms with E-state index in [1.54, 1.807) is 12.1 Å². The van der Waals surface area contributed by atoms with Crippen molar-refractivity contribution >= 4 is 40.7 Å². The SMILES string of the molecule is CS(=O)(=O)NC(=O)Cc1ccc(OCCN2CCC(N[C@@H]3C[C@H]3c3ccccc3)CC2)cc1.Cl.Cl. The molecule has 2 fully saturated rings. The van der Waals surface area contributed by atoms with Crippen LogP contribution < -0.4 is 14.8 Å². The van der Waals surface area contributed by atoms with E-state index in [-0.39, 0.29) is 31.2 Å². The van der Waals surface area contributed by atoms with Gasteiger partial charge in [0, 0.05) is 24.5 Å². The molecule has 1 saturated heterocycles. The fourth-order valence-corrected chi connectivity index (χ4v) is 4.98. The number of benzene rings is 2. The van der Waals surface area contributed by atoms with E-state index in [4.69, 9.17) is 4.74 Å². The lowest BCUT2D eigenvalue weighted by atomic mass is 10.0. The Labute approximate surface area is 220 Å². The Hall–Kier alpha value is -1.84. The van der Waals surface area contributed by atoms with E-state index in [2.05, 4.69) is 40.5 Å². The Morgan fingerprint density at radius 3 is 2.31 bits per heavy atom. The number of hydrogen-bond acceptors (Lipinski definition) is 6. The lowest BCUT2D eigenvalue weighted by molar-refractivity contribution is -0.118. The van der Waals surface area contributed by atoms with E-state index in [0.717, 1.165) is 37.2 Å². The zero-order chi connectivity index (χ0) is 23.3. The number of hydrogen-bond donors (Lipinski definition) is 2. The van der Waals surface area contributed by atoms with Gasteiger partial charge in [0.25, 0.3) is 0 Å². The van der Waals surface area contributed by atoms with Gasteiger partial charge in [0.15, 0.2) is 0 Å². The quantitative estimate of drug-likeness (QED) is 0.478. The minimum atomic E-state index is -3.53. The molecule has 0 radical (unpaired) electrons. The number of likely N-dealkylation sites (tertiary alicyclic amines) is 1. The van der Waals surface area contributed by atoms with Gasteiger partial charge in [-0.15, -0.1) is 24.8 Å².